The van der Waals surface area contributed by atoms with Crippen LogP contribution in [-0.4, -0.2) is 36.8 Å². The summed E-state index contributed by atoms with van der Waals surface area (Å²) in [7, 11) is 0. The Morgan fingerprint density at radius 2 is 2.20 bits per heavy atom. The van der Waals surface area contributed by atoms with Gasteiger partial charge >= 0.3 is 5.82 Å². The van der Waals surface area contributed by atoms with Gasteiger partial charge in [0.2, 0.25) is 5.65 Å². The minimum Gasteiger partial charge on any atom is -0.391 e. The van der Waals surface area contributed by atoms with Gasteiger partial charge < -0.3 is 20.5 Å². The molecular weight excluding hydrogens is 262 g/mol. The number of imidazole rings is 1. The molecule has 20 heavy (non-hydrogen) atoms. The molecule has 3 rings (SSSR count). The maximum absolute atomic E-state index is 10.9. The number of rotatable bonds is 3. The van der Waals surface area contributed by atoms with Gasteiger partial charge in [0.05, 0.1) is 12.1 Å². The number of hydrogen-bond donors (Lipinski definition) is 2. The van der Waals surface area contributed by atoms with Gasteiger partial charge in [-0.15, -0.1) is 0 Å². The number of nitrogens with zero attached hydrogens (tertiary/aromatic N) is 4. The number of aliphatic hydroxyl groups is 1. The summed E-state index contributed by atoms with van der Waals surface area (Å²) in [6.45, 7) is 0. The van der Waals surface area contributed by atoms with Crippen molar-refractivity contribution in [2.75, 3.05) is 5.32 Å². The SMILES string of the molecule is O=[N+]([O-])c1cnc2ccc(N[C@H]3CCCC[C@@H]3O)nn12. The van der Waals surface area contributed by atoms with Crippen LogP contribution in [0.4, 0.5) is 11.6 Å². The van der Waals surface area contributed by atoms with Gasteiger partial charge in [-0.3, -0.25) is 0 Å². The van der Waals surface area contributed by atoms with Gasteiger partial charge in [0.1, 0.15) is 6.20 Å². The standard InChI is InChI=1S/C12H15N5O3/c18-9-4-2-1-3-8(9)14-10-5-6-11-13-7-12(17(19)20)16(11)15-10/h5-9,18H,1-4H2,(H,14,15)/t8-,9-/m0/s1. The zero-order chi connectivity index (χ0) is 14.1. The molecule has 2 aromatic rings. The largest absolute Gasteiger partial charge is 0.391 e. The zero-order valence-corrected chi connectivity index (χ0v) is 10.8. The van der Waals surface area contributed by atoms with Crippen molar-refractivity contribution >= 4 is 17.3 Å². The molecule has 1 fully saturated rings. The van der Waals surface area contributed by atoms with Gasteiger partial charge in [-0.1, -0.05) is 22.5 Å². The first kappa shape index (κ1) is 12.8. The highest BCUT2D eigenvalue weighted by atomic mass is 16.6. The van der Waals surface area contributed by atoms with Crippen molar-refractivity contribution in [2.24, 2.45) is 0 Å². The minimum absolute atomic E-state index is 0.0590. The molecule has 1 saturated carbocycles. The van der Waals surface area contributed by atoms with Gasteiger partial charge in [0.25, 0.3) is 0 Å². The van der Waals surface area contributed by atoms with E-state index in [-0.39, 0.29) is 11.9 Å². The van der Waals surface area contributed by atoms with Gasteiger partial charge in [-0.05, 0) is 23.8 Å². The lowest BCUT2D eigenvalue weighted by Gasteiger charge is -2.28. The fourth-order valence-corrected chi connectivity index (χ4v) is 2.53. The van der Waals surface area contributed by atoms with Crippen molar-refractivity contribution < 1.29 is 10.0 Å². The summed E-state index contributed by atoms with van der Waals surface area (Å²) >= 11 is 0. The predicted octanol–water partition coefficient (Wildman–Crippen LogP) is 1.35. The highest BCUT2D eigenvalue weighted by Gasteiger charge is 2.24. The Hall–Kier alpha value is -2.22. The molecule has 0 bridgehead atoms. The van der Waals surface area contributed by atoms with Crippen molar-refractivity contribution in [1.29, 1.82) is 0 Å². The number of aliphatic hydroxyl groups excluding tert-OH is 1. The van der Waals surface area contributed by atoms with E-state index in [1.54, 1.807) is 12.1 Å². The average Bonchev–Trinajstić information content (AvgIpc) is 2.84. The molecule has 2 heterocycles. The Labute approximate surface area is 114 Å². The molecule has 0 radical (unpaired) electrons. The summed E-state index contributed by atoms with van der Waals surface area (Å²) in [5, 5.41) is 28.1. The van der Waals surface area contributed by atoms with Gasteiger partial charge in [-0.2, -0.15) is 0 Å². The highest BCUT2D eigenvalue weighted by Crippen LogP contribution is 2.22. The van der Waals surface area contributed by atoms with E-state index in [0.29, 0.717) is 11.5 Å². The third kappa shape index (κ3) is 2.29. The van der Waals surface area contributed by atoms with E-state index in [1.165, 1.54) is 10.7 Å². The lowest BCUT2D eigenvalue weighted by atomic mass is 9.93. The number of hydrogen-bond acceptors (Lipinski definition) is 6. The molecule has 0 saturated heterocycles. The van der Waals surface area contributed by atoms with Crippen molar-refractivity contribution in [3.8, 4) is 0 Å². The van der Waals surface area contributed by atoms with Crippen LogP contribution in [0.3, 0.4) is 0 Å². The maximum atomic E-state index is 10.9. The van der Waals surface area contributed by atoms with Crippen molar-refractivity contribution in [3.05, 3.63) is 28.4 Å². The van der Waals surface area contributed by atoms with Gasteiger partial charge in [0, 0.05) is 6.07 Å². The molecule has 0 spiro atoms. The van der Waals surface area contributed by atoms with Crippen LogP contribution >= 0.6 is 0 Å². The van der Waals surface area contributed by atoms with E-state index in [2.05, 4.69) is 15.4 Å². The lowest BCUT2D eigenvalue weighted by molar-refractivity contribution is -0.391. The summed E-state index contributed by atoms with van der Waals surface area (Å²) < 4.78 is 1.19. The van der Waals surface area contributed by atoms with Crippen LogP contribution in [0.1, 0.15) is 25.7 Å². The normalized spacial score (nSPS) is 22.9. The Kier molecular flexibility index (Phi) is 3.23. The molecule has 8 nitrogen and oxygen atoms in total. The minimum atomic E-state index is -0.522. The summed E-state index contributed by atoms with van der Waals surface area (Å²) in [5.74, 6) is 0.331. The molecule has 106 valence electrons. The predicted molar refractivity (Wildman–Crippen MR) is 71.5 cm³/mol. The molecular formula is C12H15N5O3. The van der Waals surface area contributed by atoms with Crippen LogP contribution in [0.2, 0.25) is 0 Å². The quantitative estimate of drug-likeness (QED) is 0.648. The molecule has 0 aliphatic heterocycles. The first-order valence-electron chi connectivity index (χ1n) is 6.59. The summed E-state index contributed by atoms with van der Waals surface area (Å²) in [5.41, 5.74) is 0.423. The second-order valence-corrected chi connectivity index (χ2v) is 4.96. The van der Waals surface area contributed by atoms with E-state index in [1.807, 2.05) is 0 Å². The number of anilines is 1. The van der Waals surface area contributed by atoms with Crippen LogP contribution in [0.5, 0.6) is 0 Å². The highest BCUT2D eigenvalue weighted by molar-refractivity contribution is 5.48. The monoisotopic (exact) mass is 277 g/mol. The first-order chi connectivity index (χ1) is 9.65. The van der Waals surface area contributed by atoms with Gasteiger partial charge in [-0.25, -0.2) is 4.98 Å². The van der Waals surface area contributed by atoms with Crippen LogP contribution < -0.4 is 5.32 Å². The molecule has 1 aliphatic carbocycles. The number of aromatic nitrogens is 3. The topological polar surface area (TPSA) is 106 Å². The molecule has 2 aromatic heterocycles. The number of nitrogens with one attached hydrogen (secondary N) is 1. The van der Waals surface area contributed by atoms with Crippen molar-refractivity contribution in [3.63, 3.8) is 0 Å². The first-order valence-corrected chi connectivity index (χ1v) is 6.59. The smallest absolute Gasteiger partial charge is 0.368 e. The molecule has 0 unspecified atom stereocenters. The second kappa shape index (κ2) is 5.04. The molecule has 1 aliphatic rings. The maximum Gasteiger partial charge on any atom is 0.368 e. The Bertz CT molecular complexity index is 641. The summed E-state index contributed by atoms with van der Waals surface area (Å²) in [6.07, 6.45) is 4.50. The fourth-order valence-electron chi connectivity index (χ4n) is 2.53. The second-order valence-electron chi connectivity index (χ2n) is 4.96. The van der Waals surface area contributed by atoms with E-state index in [4.69, 9.17) is 0 Å². The number of fused-ring (bicyclic) bond motifs is 1. The van der Waals surface area contributed by atoms with E-state index in [9.17, 15) is 15.2 Å². The Balaban J connectivity index is 1.88. The van der Waals surface area contributed by atoms with Gasteiger partial charge in [0.15, 0.2) is 5.82 Å². The zero-order valence-electron chi connectivity index (χ0n) is 10.8. The lowest BCUT2D eigenvalue weighted by Crippen LogP contribution is -2.36. The number of nitro groups is 1. The van der Waals surface area contributed by atoms with Crippen LogP contribution in [0, 0.1) is 10.1 Å². The molecule has 8 heteroatoms. The summed E-state index contributed by atoms with van der Waals surface area (Å²) in [6, 6.07) is 3.32. The van der Waals surface area contributed by atoms with E-state index >= 15 is 0 Å². The Morgan fingerprint density at radius 3 is 2.95 bits per heavy atom. The fraction of sp³-hybridized carbons (Fsp3) is 0.500. The molecule has 2 atom stereocenters. The summed E-state index contributed by atoms with van der Waals surface area (Å²) in [4.78, 5) is 14.3. The molecule has 0 amide bonds. The van der Waals surface area contributed by atoms with Crippen molar-refractivity contribution in [2.45, 2.75) is 37.8 Å². The Morgan fingerprint density at radius 1 is 1.40 bits per heavy atom. The molecule has 2 N–H and O–H groups in total. The third-order valence-electron chi connectivity index (χ3n) is 3.59. The van der Waals surface area contributed by atoms with E-state index in [0.717, 1.165) is 25.7 Å². The van der Waals surface area contributed by atoms with Crippen LogP contribution in [0.15, 0.2) is 18.3 Å². The van der Waals surface area contributed by atoms with Crippen molar-refractivity contribution in [1.82, 2.24) is 14.6 Å². The average molecular weight is 277 g/mol. The third-order valence-corrected chi connectivity index (χ3v) is 3.59. The van der Waals surface area contributed by atoms with E-state index < -0.39 is 11.0 Å². The molecule has 0 aromatic carbocycles. The van der Waals surface area contributed by atoms with Crippen LogP contribution in [-0.2, 0) is 0 Å². The van der Waals surface area contributed by atoms with Crippen LogP contribution in [0.25, 0.3) is 5.65 Å².